The molecule has 0 saturated carbocycles. The topological polar surface area (TPSA) is 153 Å². The molecule has 6 rings (SSSR count). The number of carbonyl (C=O) groups is 3. The molecule has 6 bridgehead atoms. The van der Waals surface area contributed by atoms with Gasteiger partial charge in [0.25, 0.3) is 0 Å². The highest BCUT2D eigenvalue weighted by atomic mass is 16.7. The molecular formula is C59H78O14. The van der Waals surface area contributed by atoms with E-state index in [1.165, 1.54) is 26.4 Å². The van der Waals surface area contributed by atoms with Crippen molar-refractivity contribution in [3.05, 3.63) is 138 Å². The number of esters is 3. The molecule has 4 heterocycles. The summed E-state index contributed by atoms with van der Waals surface area (Å²) in [5.41, 5.74) is 3.25. The summed E-state index contributed by atoms with van der Waals surface area (Å²) in [5.74, 6) is -2.92. The fourth-order valence-corrected chi connectivity index (χ4v) is 9.98. The number of hydrogen-bond donors (Lipinski definition) is 0. The normalized spacial score (nSPS) is 29.6. The molecule has 14 heteroatoms. The Labute approximate surface area is 432 Å². The zero-order valence-electron chi connectivity index (χ0n) is 44.0. The Balaban J connectivity index is 1.40. The lowest BCUT2D eigenvalue weighted by atomic mass is 9.73. The number of allylic oxidation sites excluding steroid dienone is 3. The van der Waals surface area contributed by atoms with E-state index >= 15 is 0 Å². The van der Waals surface area contributed by atoms with Crippen LogP contribution in [0.15, 0.2) is 127 Å². The number of rotatable bonds is 17. The highest BCUT2D eigenvalue weighted by molar-refractivity contribution is 5.84. The summed E-state index contributed by atoms with van der Waals surface area (Å²) in [6.45, 7) is 17.0. The molecule has 0 aromatic heterocycles. The molecule has 0 unspecified atom stereocenters. The molecule has 3 fully saturated rings. The maximum absolute atomic E-state index is 14.5. The van der Waals surface area contributed by atoms with Crippen molar-refractivity contribution in [2.75, 3.05) is 28.1 Å². The first kappa shape index (κ1) is 57.1. The van der Waals surface area contributed by atoms with Crippen LogP contribution >= 0.6 is 0 Å². The van der Waals surface area contributed by atoms with Gasteiger partial charge in [-0.15, -0.1) is 0 Å². The largest absolute Gasteiger partial charge is 0.497 e. The Hall–Kier alpha value is -5.19. The third kappa shape index (κ3) is 16.9. The van der Waals surface area contributed by atoms with Gasteiger partial charge in [-0.2, -0.15) is 0 Å². The summed E-state index contributed by atoms with van der Waals surface area (Å²) >= 11 is 0. The van der Waals surface area contributed by atoms with Crippen molar-refractivity contribution in [2.24, 2.45) is 5.41 Å². The van der Waals surface area contributed by atoms with Crippen LogP contribution in [-0.4, -0.2) is 107 Å². The van der Waals surface area contributed by atoms with Gasteiger partial charge in [0.2, 0.25) is 5.79 Å². The summed E-state index contributed by atoms with van der Waals surface area (Å²) in [6, 6.07) is 17.3. The first-order chi connectivity index (χ1) is 35.1. The molecule has 0 amide bonds. The van der Waals surface area contributed by atoms with Crippen molar-refractivity contribution in [3.8, 4) is 5.75 Å². The van der Waals surface area contributed by atoms with Crippen LogP contribution in [-0.2, 0) is 75.0 Å². The van der Waals surface area contributed by atoms with E-state index in [0.29, 0.717) is 50.7 Å². The second-order valence-corrected chi connectivity index (χ2v) is 20.1. The summed E-state index contributed by atoms with van der Waals surface area (Å²) in [7, 11) is 4.38. The molecule has 10 atom stereocenters. The zero-order valence-corrected chi connectivity index (χ0v) is 44.0. The molecular weight excluding hydrogens is 933 g/mol. The molecule has 0 spiro atoms. The molecule has 14 nitrogen and oxygen atoms in total. The minimum atomic E-state index is -1.77. The van der Waals surface area contributed by atoms with Gasteiger partial charge in [0.1, 0.15) is 18.6 Å². The van der Waals surface area contributed by atoms with Crippen LogP contribution in [0, 0.1) is 5.41 Å². The molecule has 0 aliphatic carbocycles. The predicted octanol–water partition coefficient (Wildman–Crippen LogP) is 10.5. The van der Waals surface area contributed by atoms with Crippen molar-refractivity contribution < 1.29 is 66.5 Å². The second kappa shape index (κ2) is 27.9. The van der Waals surface area contributed by atoms with Gasteiger partial charge >= 0.3 is 17.9 Å². The molecule has 0 N–H and O–H groups in total. The van der Waals surface area contributed by atoms with Gasteiger partial charge in [-0.1, -0.05) is 124 Å². The van der Waals surface area contributed by atoms with Crippen LogP contribution in [0.4, 0.5) is 0 Å². The van der Waals surface area contributed by atoms with Crippen LogP contribution < -0.4 is 4.74 Å². The average Bonchev–Trinajstić information content (AvgIpc) is 3.36. The highest BCUT2D eigenvalue weighted by Gasteiger charge is 2.59. The Morgan fingerprint density at radius 1 is 0.808 bits per heavy atom. The fourth-order valence-electron chi connectivity index (χ4n) is 9.98. The van der Waals surface area contributed by atoms with E-state index in [-0.39, 0.29) is 57.1 Å². The average molecular weight is 1010 g/mol. The molecule has 3 saturated heterocycles. The summed E-state index contributed by atoms with van der Waals surface area (Å²) in [4.78, 5) is 41.6. The highest BCUT2D eigenvalue weighted by Crippen LogP contribution is 2.49. The fraction of sp³-hybridized carbons (Fsp3) is 0.542. The third-order valence-electron chi connectivity index (χ3n) is 13.8. The van der Waals surface area contributed by atoms with Crippen LogP contribution in [0.25, 0.3) is 0 Å². The van der Waals surface area contributed by atoms with Crippen LogP contribution in [0.2, 0.25) is 0 Å². The van der Waals surface area contributed by atoms with E-state index in [2.05, 4.69) is 20.1 Å². The lowest BCUT2D eigenvalue weighted by molar-refractivity contribution is -0.338. The summed E-state index contributed by atoms with van der Waals surface area (Å²) < 4.78 is 69.4. The van der Waals surface area contributed by atoms with Crippen molar-refractivity contribution in [3.63, 3.8) is 0 Å². The van der Waals surface area contributed by atoms with Crippen molar-refractivity contribution >= 4 is 17.9 Å². The number of benzene rings is 2. The predicted molar refractivity (Wildman–Crippen MR) is 276 cm³/mol. The third-order valence-corrected chi connectivity index (χ3v) is 13.8. The monoisotopic (exact) mass is 1010 g/mol. The smallest absolute Gasteiger partial charge is 0.331 e. The van der Waals surface area contributed by atoms with Gasteiger partial charge < -0.3 is 52.1 Å². The molecule has 0 radical (unpaired) electrons. The Bertz CT molecular complexity index is 2250. The second-order valence-electron chi connectivity index (χ2n) is 20.1. The van der Waals surface area contributed by atoms with E-state index in [4.69, 9.17) is 52.1 Å². The quantitative estimate of drug-likeness (QED) is 0.0281. The molecule has 4 aliphatic heterocycles. The first-order valence-electron chi connectivity index (χ1n) is 25.7. The SMILES string of the molecule is C=C1C[C@@H]2C[C@@H]3CC(=C)C[C@H](/C=C/C(C)(C)[C@]4(OC)O[C@@H](C/C(=C\C(=O)OC)[C@@H]4OC(=O)/C=C/C=C/CCC)C[C@H]([C@@H](C)OCOCc4ccccc4)OC(=O)C[C@H](OCc4ccc(OC)cc4)C[C@H](C1)O2)O3. The number of methoxy groups -OCH3 is 3. The number of unbranched alkanes of at least 4 members (excludes halogenated alkanes) is 1. The number of hydrogen-bond acceptors (Lipinski definition) is 14. The van der Waals surface area contributed by atoms with E-state index in [1.807, 2.05) is 93.6 Å². The van der Waals surface area contributed by atoms with Crippen molar-refractivity contribution in [1.82, 2.24) is 0 Å². The van der Waals surface area contributed by atoms with Gasteiger partial charge in [-0.25, -0.2) is 9.59 Å². The standard InChI is InChI=1S/C59H78O14/c1-10-11-12-13-17-20-54(60)72-57-45(32-55(61)64-8)31-52-35-53(42(4)68-39-66-37-43-18-15-14-16-19-43)71-56(62)36-48(67-38-44-21-23-46(63-7)24-22-44)33-49-29-41(3)30-51(70-49)34-50-28-40(2)27-47(69-50)25-26-58(5,6)59(57,65-9)73-52/h12-26,32,42,47-53,57H,2-3,10-11,27-31,33-39H2,1,4-9H3/b13-12+,20-17+,26-25+,45-32+/t42-,47+,48-,49+,50+,51-,52+,53-,57+,59-/m1/s1. The molecule has 2 aromatic carbocycles. The van der Waals surface area contributed by atoms with Crippen LogP contribution in [0.5, 0.6) is 5.75 Å². The van der Waals surface area contributed by atoms with Gasteiger partial charge in [0.15, 0.2) is 6.10 Å². The molecule has 2 aromatic rings. The lowest BCUT2D eigenvalue weighted by Gasteiger charge is -2.53. The zero-order chi connectivity index (χ0) is 52.4. The number of fused-ring (bicyclic) bond motifs is 6. The van der Waals surface area contributed by atoms with E-state index in [1.54, 1.807) is 19.3 Å². The number of cyclic esters (lactones) is 1. The number of carbonyl (C=O) groups excluding carboxylic acids is 3. The van der Waals surface area contributed by atoms with E-state index < -0.39 is 59.6 Å². The molecule has 4 aliphatic rings. The molecule has 398 valence electrons. The van der Waals surface area contributed by atoms with Crippen molar-refractivity contribution in [1.29, 1.82) is 0 Å². The van der Waals surface area contributed by atoms with Gasteiger partial charge in [-0.3, -0.25) is 4.79 Å². The van der Waals surface area contributed by atoms with Crippen LogP contribution in [0.3, 0.4) is 0 Å². The maximum Gasteiger partial charge on any atom is 0.331 e. The minimum absolute atomic E-state index is 0.0637. The summed E-state index contributed by atoms with van der Waals surface area (Å²) in [6.07, 6.45) is 11.9. The number of ether oxygens (including phenoxy) is 11. The van der Waals surface area contributed by atoms with E-state index in [9.17, 15) is 14.4 Å². The Morgan fingerprint density at radius 2 is 1.51 bits per heavy atom. The Kier molecular flexibility index (Phi) is 21.8. The lowest BCUT2D eigenvalue weighted by Crippen LogP contribution is -2.63. The van der Waals surface area contributed by atoms with Crippen molar-refractivity contribution in [2.45, 2.75) is 172 Å². The van der Waals surface area contributed by atoms with Gasteiger partial charge in [-0.05, 0) is 74.3 Å². The summed E-state index contributed by atoms with van der Waals surface area (Å²) in [5, 5.41) is 0. The maximum atomic E-state index is 14.5. The first-order valence-corrected chi connectivity index (χ1v) is 25.7. The minimum Gasteiger partial charge on any atom is -0.497 e. The molecule has 73 heavy (non-hydrogen) atoms. The van der Waals surface area contributed by atoms with Gasteiger partial charge in [0.05, 0.1) is 76.6 Å². The van der Waals surface area contributed by atoms with Gasteiger partial charge in [0, 0.05) is 43.9 Å². The van der Waals surface area contributed by atoms with Crippen LogP contribution in [0.1, 0.15) is 109 Å². The Morgan fingerprint density at radius 3 is 2.21 bits per heavy atom. The van der Waals surface area contributed by atoms with E-state index in [0.717, 1.165) is 40.9 Å².